The molecule has 0 saturated heterocycles. The Morgan fingerprint density at radius 1 is 0.514 bits per heavy atom. The van der Waals surface area contributed by atoms with Gasteiger partial charge in [-0.1, -0.05) is 0 Å². The molecule has 1 N–H and O–H groups in total. The molecule has 0 heterocycles. The van der Waals surface area contributed by atoms with Gasteiger partial charge in [-0.05, 0) is 0 Å². The first-order valence-corrected chi connectivity index (χ1v) is 12.7. The van der Waals surface area contributed by atoms with E-state index >= 15 is 0 Å². The summed E-state index contributed by atoms with van der Waals surface area (Å²) in [6, 6.07) is 38.9. The van der Waals surface area contributed by atoms with E-state index in [1.54, 1.807) is 0 Å². The molecule has 1 nitrogen and oxygen atoms in total. The van der Waals surface area contributed by atoms with Gasteiger partial charge in [0.1, 0.15) is 0 Å². The second-order valence-electron chi connectivity index (χ2n) is 9.66. The summed E-state index contributed by atoms with van der Waals surface area (Å²) >= 11 is 0. The third-order valence-corrected chi connectivity index (χ3v) is 7.62. The Morgan fingerprint density at radius 2 is 0.973 bits per heavy atom. The van der Waals surface area contributed by atoms with Crippen molar-refractivity contribution in [3.8, 4) is 0 Å². The third-order valence-electron chi connectivity index (χ3n) is 7.62. The minimum atomic E-state index is 0.566. The van der Waals surface area contributed by atoms with Crippen molar-refractivity contribution in [2.45, 2.75) is 6.82 Å². The minimum absolute atomic E-state index is 0.566. The molecule has 172 valence electrons. The Balaban J connectivity index is 1.54. The van der Waals surface area contributed by atoms with E-state index in [1.807, 2.05) is 6.82 Å². The number of allylic oxidation sites excluding steroid dienone is 4. The van der Waals surface area contributed by atoms with Crippen molar-refractivity contribution < 1.29 is 0 Å². The Bertz CT molecular complexity index is 2010. The van der Waals surface area contributed by atoms with E-state index in [-0.39, 0.29) is 0 Å². The van der Waals surface area contributed by atoms with Crippen molar-refractivity contribution in [3.05, 3.63) is 132 Å². The maximum absolute atomic E-state index is 9.19. The van der Waals surface area contributed by atoms with Crippen LogP contribution in [0.2, 0.25) is 6.82 Å². The summed E-state index contributed by atoms with van der Waals surface area (Å²) in [6.07, 6.45) is 4.40. The monoisotopic (exact) mass is 469 g/mol. The Kier molecular flexibility index (Phi) is 5.01. The van der Waals surface area contributed by atoms with Crippen molar-refractivity contribution in [1.29, 1.82) is 5.41 Å². The van der Waals surface area contributed by atoms with Crippen LogP contribution in [0.15, 0.2) is 121 Å². The van der Waals surface area contributed by atoms with Crippen molar-refractivity contribution >= 4 is 72.3 Å². The SMILES string of the molecule is CB=C1C=C(c2cc3ccccc3c3ccccc23)C=C(c2cc3ccccc3c3ccccc23)C1=N. The molecule has 0 amide bonds. The Morgan fingerprint density at radius 3 is 1.54 bits per heavy atom. The van der Waals surface area contributed by atoms with Crippen LogP contribution in [-0.4, -0.2) is 18.1 Å². The van der Waals surface area contributed by atoms with Crippen LogP contribution in [0.4, 0.5) is 0 Å². The summed E-state index contributed by atoms with van der Waals surface area (Å²) in [4.78, 5) is 0. The van der Waals surface area contributed by atoms with Crippen molar-refractivity contribution in [2.24, 2.45) is 0 Å². The van der Waals surface area contributed by atoms with Crippen molar-refractivity contribution in [3.63, 3.8) is 0 Å². The molecule has 0 radical (unpaired) electrons. The summed E-state index contributed by atoms with van der Waals surface area (Å²) in [5.74, 6) is 0. The molecule has 0 atom stereocenters. The average molecular weight is 469 g/mol. The molecule has 6 aromatic rings. The molecule has 7 rings (SSSR count). The van der Waals surface area contributed by atoms with Crippen LogP contribution in [0.25, 0.3) is 54.2 Å². The zero-order valence-electron chi connectivity index (χ0n) is 20.6. The number of nitrogens with one attached hydrogen (secondary N) is 1. The van der Waals surface area contributed by atoms with E-state index in [2.05, 4.69) is 128 Å². The summed E-state index contributed by atoms with van der Waals surface area (Å²) in [7, 11) is 0. The van der Waals surface area contributed by atoms with E-state index in [0.717, 1.165) is 22.2 Å². The number of rotatable bonds is 2. The van der Waals surface area contributed by atoms with Crippen LogP contribution in [-0.2, 0) is 0 Å². The third kappa shape index (κ3) is 3.41. The molecular weight excluding hydrogens is 445 g/mol. The predicted octanol–water partition coefficient (Wildman–Crippen LogP) is 8.72. The molecule has 37 heavy (non-hydrogen) atoms. The van der Waals surface area contributed by atoms with Gasteiger partial charge in [-0.2, -0.15) is 0 Å². The Hall–Kier alpha value is -4.56. The fourth-order valence-corrected chi connectivity index (χ4v) is 5.83. The van der Waals surface area contributed by atoms with Crippen LogP contribution in [0.5, 0.6) is 0 Å². The van der Waals surface area contributed by atoms with E-state index < -0.39 is 0 Å². The molecule has 1 aliphatic rings. The Labute approximate surface area is 216 Å². The normalized spacial score (nSPS) is 14.8. The van der Waals surface area contributed by atoms with Crippen LogP contribution in [0.3, 0.4) is 0 Å². The van der Waals surface area contributed by atoms with E-state index in [9.17, 15) is 5.41 Å². The molecule has 0 bridgehead atoms. The maximum atomic E-state index is 9.19. The van der Waals surface area contributed by atoms with Gasteiger partial charge in [-0.25, -0.2) is 0 Å². The molecule has 1 aliphatic carbocycles. The summed E-state index contributed by atoms with van der Waals surface area (Å²) in [6.45, 7) is 4.08. The topological polar surface area (TPSA) is 23.9 Å². The predicted molar refractivity (Wildman–Crippen MR) is 163 cm³/mol. The first-order valence-electron chi connectivity index (χ1n) is 12.7. The zero-order chi connectivity index (χ0) is 24.9. The molecule has 0 spiro atoms. The van der Waals surface area contributed by atoms with Gasteiger partial charge in [0.25, 0.3) is 0 Å². The summed E-state index contributed by atoms with van der Waals surface area (Å²) in [5.41, 5.74) is 5.92. The second-order valence-corrected chi connectivity index (χ2v) is 9.66. The van der Waals surface area contributed by atoms with E-state index in [1.165, 1.54) is 48.7 Å². The molecular formula is C35H24BN. The number of hydrogen-bond donors (Lipinski definition) is 1. The van der Waals surface area contributed by atoms with Gasteiger partial charge >= 0.3 is 217 Å². The fraction of sp³-hybridized carbons (Fsp3) is 0.0286. The van der Waals surface area contributed by atoms with Gasteiger partial charge < -0.3 is 0 Å². The second kappa shape index (κ2) is 8.53. The molecule has 0 aliphatic heterocycles. The van der Waals surface area contributed by atoms with Crippen LogP contribution in [0, 0.1) is 5.41 Å². The van der Waals surface area contributed by atoms with Gasteiger partial charge in [0.2, 0.25) is 0 Å². The van der Waals surface area contributed by atoms with Crippen molar-refractivity contribution in [1.82, 2.24) is 0 Å². The van der Waals surface area contributed by atoms with Crippen LogP contribution < -0.4 is 0 Å². The van der Waals surface area contributed by atoms with Crippen molar-refractivity contribution in [2.75, 3.05) is 0 Å². The molecule has 0 aromatic heterocycles. The molecule has 0 fully saturated rings. The average Bonchev–Trinajstić information content (AvgIpc) is 2.96. The summed E-state index contributed by atoms with van der Waals surface area (Å²) < 4.78 is 0. The number of hydrogen-bond acceptors (Lipinski definition) is 1. The zero-order valence-corrected chi connectivity index (χ0v) is 20.6. The first kappa shape index (κ1) is 21.7. The van der Waals surface area contributed by atoms with Gasteiger partial charge in [0, 0.05) is 0 Å². The number of benzene rings is 6. The van der Waals surface area contributed by atoms with Crippen LogP contribution >= 0.6 is 0 Å². The van der Waals surface area contributed by atoms with Gasteiger partial charge in [0.15, 0.2) is 0 Å². The standard InChI is InChI=1S/C35H24BN/c1-36-34-21-24(31-18-22-10-2-4-12-25(22)27-14-6-8-16-29(27)31)20-33(35(34)37)32-19-23-11-3-5-13-26(23)28-15-7-9-17-30(28)32/h2-21,37H,1H3. The number of fused-ring (bicyclic) bond motifs is 6. The summed E-state index contributed by atoms with van der Waals surface area (Å²) in [5, 5.41) is 19.0. The van der Waals surface area contributed by atoms with E-state index in [4.69, 9.17) is 0 Å². The molecule has 0 unspecified atom stereocenters. The quantitative estimate of drug-likeness (QED) is 0.194. The van der Waals surface area contributed by atoms with Gasteiger partial charge in [-0.15, -0.1) is 0 Å². The first-order chi connectivity index (χ1) is 18.2. The molecule has 6 aromatic carbocycles. The molecule has 0 saturated carbocycles. The van der Waals surface area contributed by atoms with Crippen LogP contribution in [0.1, 0.15) is 11.1 Å². The fourth-order valence-electron chi connectivity index (χ4n) is 5.83. The van der Waals surface area contributed by atoms with Gasteiger partial charge in [0.05, 0.1) is 0 Å². The van der Waals surface area contributed by atoms with E-state index in [0.29, 0.717) is 5.71 Å². The molecule has 2 heteroatoms. The van der Waals surface area contributed by atoms with Gasteiger partial charge in [-0.3, -0.25) is 0 Å².